The first-order valence-electron chi connectivity index (χ1n) is 13.8. The second-order valence-electron chi connectivity index (χ2n) is 8.93. The Morgan fingerprint density at radius 1 is 0.674 bits per heavy atom. The van der Waals surface area contributed by atoms with Gasteiger partial charge in [0.25, 0.3) is 0 Å². The van der Waals surface area contributed by atoms with Gasteiger partial charge in [-0.2, -0.15) is 12.2 Å². The Morgan fingerprint density at radius 3 is 1.21 bits per heavy atom. The van der Waals surface area contributed by atoms with E-state index in [2.05, 4.69) is 50.3 Å². The van der Waals surface area contributed by atoms with Crippen LogP contribution in [0.15, 0.2) is 59.7 Å². The molecule has 4 nitrogen and oxygen atoms in total. The summed E-state index contributed by atoms with van der Waals surface area (Å²) in [6, 6.07) is 8.48. The second kappa shape index (κ2) is 21.5. The van der Waals surface area contributed by atoms with Gasteiger partial charge in [-0.1, -0.05) is 27.7 Å². The van der Waals surface area contributed by atoms with Crippen molar-refractivity contribution in [2.24, 2.45) is 0 Å². The third-order valence-electron chi connectivity index (χ3n) is 5.84. The van der Waals surface area contributed by atoms with E-state index in [-0.39, 0.29) is 57.7 Å². The Labute approximate surface area is 268 Å². The fourth-order valence-electron chi connectivity index (χ4n) is 3.66. The standard InChI is InChI=1S/2C11H12F2NO.2C6H7.Ti/c2*1-3-11(15)14(4-2)10-6-5-8(12)7-9(10)13;2*1-6-4-2-3-5-6;/h2*5-6H,3-4H2,1-2H3;2*2,4H,3H2,1H3;/q4*-1;+4. The summed E-state index contributed by atoms with van der Waals surface area (Å²) in [5, 5.41) is 0. The van der Waals surface area contributed by atoms with Crippen LogP contribution in [0.3, 0.4) is 0 Å². The molecule has 2 aromatic carbocycles. The molecule has 0 saturated heterocycles. The molecule has 4 rings (SSSR count). The molecule has 0 heterocycles. The Bertz CT molecular complexity index is 1200. The molecule has 2 amide bonds. The van der Waals surface area contributed by atoms with Gasteiger partial charge in [-0.25, -0.2) is 40.9 Å². The van der Waals surface area contributed by atoms with Gasteiger partial charge in [0.2, 0.25) is 11.8 Å². The summed E-state index contributed by atoms with van der Waals surface area (Å²) < 4.78 is 51.8. The Morgan fingerprint density at radius 2 is 1.02 bits per heavy atom. The number of amides is 2. The molecule has 0 fully saturated rings. The smallest absolute Gasteiger partial charge is 0.364 e. The summed E-state index contributed by atoms with van der Waals surface area (Å²) in [4.78, 5) is 25.4. The van der Waals surface area contributed by atoms with Crippen LogP contribution >= 0.6 is 0 Å². The monoisotopic (exact) mass is 630 g/mol. The zero-order valence-corrected chi connectivity index (χ0v) is 27.1. The van der Waals surface area contributed by atoms with E-state index in [9.17, 15) is 27.2 Å². The molecule has 0 spiro atoms. The number of halogens is 4. The first-order valence-corrected chi connectivity index (χ1v) is 13.8. The van der Waals surface area contributed by atoms with Gasteiger partial charge in [0.15, 0.2) is 0 Å². The van der Waals surface area contributed by atoms with Gasteiger partial charge >= 0.3 is 21.7 Å². The maximum Gasteiger partial charge on any atom is 4.00 e. The van der Waals surface area contributed by atoms with E-state index in [0.717, 1.165) is 25.0 Å². The summed E-state index contributed by atoms with van der Waals surface area (Å²) in [6.45, 7) is 11.7. The SMILES string of the molecule is CC1=[C-]CC=C1.CC1=[C-]CC=C1.CCC(=O)N(CC)c1ccc(F)[c-]c1F.CCC(=O)N(CC)c1ccc(F)[c-]c1F.[Ti+4]. The van der Waals surface area contributed by atoms with Crippen molar-refractivity contribution < 1.29 is 48.9 Å². The molecule has 9 heteroatoms. The van der Waals surface area contributed by atoms with E-state index >= 15 is 0 Å². The molecule has 0 radical (unpaired) electrons. The number of rotatable bonds is 6. The molecule has 2 aliphatic carbocycles. The van der Waals surface area contributed by atoms with Gasteiger partial charge in [-0.3, -0.25) is 21.7 Å². The Balaban J connectivity index is 0.000000586. The number of hydrogen-bond donors (Lipinski definition) is 0. The summed E-state index contributed by atoms with van der Waals surface area (Å²) in [5.74, 6) is -3.60. The number of hydrogen-bond acceptors (Lipinski definition) is 2. The fraction of sp³-hybridized carbons (Fsp3) is 0.353. The molecule has 0 bridgehead atoms. The number of nitrogens with zero attached hydrogens (tertiary/aromatic N) is 2. The van der Waals surface area contributed by atoms with E-state index in [1.165, 1.54) is 33.1 Å². The summed E-state index contributed by atoms with van der Waals surface area (Å²) in [5.41, 5.74) is 2.70. The van der Waals surface area contributed by atoms with E-state index in [0.29, 0.717) is 13.1 Å². The van der Waals surface area contributed by atoms with Crippen LogP contribution in [0.2, 0.25) is 0 Å². The average molecular weight is 631 g/mol. The van der Waals surface area contributed by atoms with E-state index in [1.54, 1.807) is 27.7 Å². The van der Waals surface area contributed by atoms with Crippen molar-refractivity contribution in [1.82, 2.24) is 0 Å². The molecule has 0 N–H and O–H groups in total. The van der Waals surface area contributed by atoms with Gasteiger partial charge in [-0.05, 0) is 25.2 Å². The first-order chi connectivity index (χ1) is 20.0. The van der Waals surface area contributed by atoms with Crippen molar-refractivity contribution in [1.29, 1.82) is 0 Å². The minimum Gasteiger partial charge on any atom is -0.364 e. The largest absolute Gasteiger partial charge is 4.00 e. The predicted octanol–water partition coefficient (Wildman–Crippen LogP) is 8.44. The van der Waals surface area contributed by atoms with Crippen LogP contribution in [-0.2, 0) is 31.3 Å². The average Bonchev–Trinajstić information content (AvgIpc) is 3.65. The summed E-state index contributed by atoms with van der Waals surface area (Å²) in [7, 11) is 0. The van der Waals surface area contributed by atoms with Crippen LogP contribution in [0.4, 0.5) is 28.9 Å². The van der Waals surface area contributed by atoms with Crippen LogP contribution in [0, 0.1) is 47.6 Å². The van der Waals surface area contributed by atoms with Gasteiger partial charge in [0.1, 0.15) is 0 Å². The maximum atomic E-state index is 13.3. The van der Waals surface area contributed by atoms with Gasteiger partial charge < -0.3 is 9.80 Å². The molecular weight excluding hydrogens is 592 g/mol. The molecular formula is C34H38F4N2O2Ti. The summed E-state index contributed by atoms with van der Waals surface area (Å²) in [6.07, 6.45) is 17.2. The summed E-state index contributed by atoms with van der Waals surface area (Å²) >= 11 is 0. The van der Waals surface area contributed by atoms with Crippen molar-refractivity contribution in [3.05, 3.63) is 107 Å². The quantitative estimate of drug-likeness (QED) is 0.183. The molecule has 43 heavy (non-hydrogen) atoms. The minimum absolute atomic E-state index is 0. The molecule has 0 unspecified atom stereocenters. The van der Waals surface area contributed by atoms with Gasteiger partial charge in [0, 0.05) is 49.2 Å². The first kappa shape index (κ1) is 39.8. The Hall–Kier alpha value is -3.23. The number of allylic oxidation sites excluding steroid dienone is 8. The molecule has 228 valence electrons. The third-order valence-corrected chi connectivity index (χ3v) is 5.84. The van der Waals surface area contributed by atoms with Crippen LogP contribution in [0.25, 0.3) is 0 Å². The van der Waals surface area contributed by atoms with E-state index in [1.807, 2.05) is 12.1 Å². The topological polar surface area (TPSA) is 40.6 Å². The molecule has 0 saturated carbocycles. The zero-order valence-electron chi connectivity index (χ0n) is 25.6. The fourth-order valence-corrected chi connectivity index (χ4v) is 3.66. The van der Waals surface area contributed by atoms with Crippen LogP contribution in [0.5, 0.6) is 0 Å². The number of carbonyl (C=O) groups is 2. The van der Waals surface area contributed by atoms with Crippen LogP contribution in [-0.4, -0.2) is 24.9 Å². The number of carbonyl (C=O) groups excluding carboxylic acids is 2. The van der Waals surface area contributed by atoms with Crippen LogP contribution in [0.1, 0.15) is 67.2 Å². The van der Waals surface area contributed by atoms with Crippen molar-refractivity contribution in [3.8, 4) is 0 Å². The molecule has 2 aliphatic rings. The molecule has 0 aliphatic heterocycles. The number of anilines is 2. The predicted molar refractivity (Wildman–Crippen MR) is 159 cm³/mol. The zero-order chi connectivity index (χ0) is 31.7. The van der Waals surface area contributed by atoms with Crippen molar-refractivity contribution in [2.45, 2.75) is 67.2 Å². The number of benzene rings is 2. The molecule has 0 aromatic heterocycles. The third kappa shape index (κ3) is 14.2. The van der Waals surface area contributed by atoms with E-state index in [4.69, 9.17) is 0 Å². The van der Waals surface area contributed by atoms with Crippen LogP contribution < -0.4 is 9.80 Å². The second-order valence-corrected chi connectivity index (χ2v) is 8.93. The van der Waals surface area contributed by atoms with Gasteiger partial charge in [-0.15, -0.1) is 49.2 Å². The van der Waals surface area contributed by atoms with Gasteiger partial charge in [0.05, 0.1) is 0 Å². The minimum atomic E-state index is -0.835. The normalized spacial score (nSPS) is 12.2. The molecule has 2 aromatic rings. The van der Waals surface area contributed by atoms with Crippen molar-refractivity contribution >= 4 is 23.2 Å². The Kier molecular flexibility index (Phi) is 19.9. The van der Waals surface area contributed by atoms with E-state index < -0.39 is 23.3 Å². The molecule has 0 atom stereocenters. The van der Waals surface area contributed by atoms with Crippen molar-refractivity contribution in [3.63, 3.8) is 0 Å². The van der Waals surface area contributed by atoms with Crippen molar-refractivity contribution in [2.75, 3.05) is 22.9 Å². The maximum absolute atomic E-state index is 13.3.